The summed E-state index contributed by atoms with van der Waals surface area (Å²) in [6, 6.07) is 3.36. The summed E-state index contributed by atoms with van der Waals surface area (Å²) in [5.41, 5.74) is 0.639. The maximum atomic E-state index is 11.6. The molecule has 82 valence electrons. The second kappa shape index (κ2) is 4.09. The number of hydrogen-bond acceptors (Lipinski definition) is 4. The monoisotopic (exact) mass is 218 g/mol. The summed E-state index contributed by atoms with van der Waals surface area (Å²) in [7, 11) is 0. The number of amidine groups is 1. The van der Waals surface area contributed by atoms with Gasteiger partial charge in [-0.2, -0.15) is 10.1 Å². The van der Waals surface area contributed by atoms with E-state index in [9.17, 15) is 9.59 Å². The Bertz CT molecular complexity index is 455. The van der Waals surface area contributed by atoms with Gasteiger partial charge in [-0.25, -0.2) is 0 Å². The van der Waals surface area contributed by atoms with Crippen LogP contribution >= 0.6 is 0 Å². The smallest absolute Gasteiger partial charge is 0.255 e. The van der Waals surface area contributed by atoms with Crippen LogP contribution in [0.2, 0.25) is 0 Å². The van der Waals surface area contributed by atoms with Crippen LogP contribution in [-0.4, -0.2) is 22.6 Å². The molecule has 2 rings (SSSR count). The van der Waals surface area contributed by atoms with E-state index in [1.165, 1.54) is 11.9 Å². The minimum Gasteiger partial charge on any atom is -0.313 e. The topological polar surface area (TPSA) is 74.7 Å². The number of aromatic nitrogens is 1. The standard InChI is InChI=1S/C10H10N4O2/c1-7(15)12-9-6-10(16)14(13-9)8-2-4-11-5-3-8/h2-5H,6H2,1H3,(H,12,13,15). The van der Waals surface area contributed by atoms with Crippen LogP contribution in [0.25, 0.3) is 0 Å². The average Bonchev–Trinajstić information content (AvgIpc) is 2.60. The molecule has 0 unspecified atom stereocenters. The quantitative estimate of drug-likeness (QED) is 0.735. The van der Waals surface area contributed by atoms with Gasteiger partial charge in [-0.3, -0.25) is 14.6 Å². The van der Waals surface area contributed by atoms with Crippen molar-refractivity contribution in [2.75, 3.05) is 5.01 Å². The molecule has 1 aromatic heterocycles. The van der Waals surface area contributed by atoms with Crippen LogP contribution in [0.5, 0.6) is 0 Å². The first-order chi connectivity index (χ1) is 7.66. The highest BCUT2D eigenvalue weighted by Gasteiger charge is 2.25. The van der Waals surface area contributed by atoms with Gasteiger partial charge in [0, 0.05) is 19.3 Å². The summed E-state index contributed by atoms with van der Waals surface area (Å²) < 4.78 is 0. The highest BCUT2D eigenvalue weighted by Crippen LogP contribution is 2.18. The van der Waals surface area contributed by atoms with Gasteiger partial charge in [-0.15, -0.1) is 0 Å². The molecule has 0 saturated carbocycles. The Hall–Kier alpha value is -2.24. The predicted octanol–water partition coefficient (Wildman–Crippen LogP) is 0.268. The van der Waals surface area contributed by atoms with Gasteiger partial charge < -0.3 is 5.32 Å². The number of carbonyl (C=O) groups is 2. The average molecular weight is 218 g/mol. The Labute approximate surface area is 92.0 Å². The molecule has 6 heteroatoms. The van der Waals surface area contributed by atoms with E-state index >= 15 is 0 Å². The summed E-state index contributed by atoms with van der Waals surface area (Å²) in [6.45, 7) is 1.38. The summed E-state index contributed by atoms with van der Waals surface area (Å²) in [5.74, 6) is -0.0348. The zero-order valence-electron chi connectivity index (χ0n) is 8.67. The van der Waals surface area contributed by atoms with E-state index in [4.69, 9.17) is 0 Å². The van der Waals surface area contributed by atoms with E-state index in [2.05, 4.69) is 15.4 Å². The van der Waals surface area contributed by atoms with Gasteiger partial charge in [0.15, 0.2) is 0 Å². The number of nitrogens with one attached hydrogen (secondary N) is 1. The summed E-state index contributed by atoms with van der Waals surface area (Å²) in [5, 5.41) is 7.78. The number of carbonyl (C=O) groups excluding carboxylic acids is 2. The van der Waals surface area contributed by atoms with E-state index in [0.29, 0.717) is 11.5 Å². The number of rotatable bonds is 1. The summed E-state index contributed by atoms with van der Waals surface area (Å²) >= 11 is 0. The number of nitrogens with zero attached hydrogens (tertiary/aromatic N) is 3. The SMILES string of the molecule is CC(=O)NC1=NN(c2ccncc2)C(=O)C1. The molecule has 0 aliphatic carbocycles. The molecule has 1 aliphatic heterocycles. The molecule has 0 aromatic carbocycles. The highest BCUT2D eigenvalue weighted by atomic mass is 16.2. The van der Waals surface area contributed by atoms with Gasteiger partial charge in [0.2, 0.25) is 5.91 Å². The van der Waals surface area contributed by atoms with Crippen molar-refractivity contribution >= 4 is 23.3 Å². The van der Waals surface area contributed by atoms with Gasteiger partial charge in [-0.1, -0.05) is 0 Å². The molecule has 16 heavy (non-hydrogen) atoms. The Kier molecular flexibility index (Phi) is 2.63. The zero-order valence-corrected chi connectivity index (χ0v) is 8.67. The van der Waals surface area contributed by atoms with Crippen LogP contribution < -0.4 is 10.3 Å². The molecule has 2 heterocycles. The first-order valence-corrected chi connectivity index (χ1v) is 4.75. The highest BCUT2D eigenvalue weighted by molar-refractivity contribution is 6.15. The third kappa shape index (κ3) is 2.05. The van der Waals surface area contributed by atoms with Crippen LogP contribution in [0, 0.1) is 0 Å². The molecular weight excluding hydrogens is 208 g/mol. The van der Waals surface area contributed by atoms with E-state index in [1.54, 1.807) is 24.5 Å². The third-order valence-corrected chi connectivity index (χ3v) is 2.00. The van der Waals surface area contributed by atoms with Crippen molar-refractivity contribution in [2.45, 2.75) is 13.3 Å². The van der Waals surface area contributed by atoms with E-state index in [-0.39, 0.29) is 18.2 Å². The minimum absolute atomic E-state index is 0.113. The zero-order chi connectivity index (χ0) is 11.5. The van der Waals surface area contributed by atoms with E-state index in [1.807, 2.05) is 0 Å². The second-order valence-corrected chi connectivity index (χ2v) is 3.32. The molecule has 2 amide bonds. The Morgan fingerprint density at radius 3 is 2.75 bits per heavy atom. The molecule has 0 radical (unpaired) electrons. The fraction of sp³-hybridized carbons (Fsp3) is 0.200. The lowest BCUT2D eigenvalue weighted by Crippen LogP contribution is -2.27. The first-order valence-electron chi connectivity index (χ1n) is 4.75. The van der Waals surface area contributed by atoms with Gasteiger partial charge in [0.1, 0.15) is 5.84 Å². The Balaban J connectivity index is 2.20. The second-order valence-electron chi connectivity index (χ2n) is 3.32. The molecule has 1 aliphatic rings. The molecular formula is C10H10N4O2. The number of hydrogen-bond donors (Lipinski definition) is 1. The van der Waals surface area contributed by atoms with Gasteiger partial charge in [0.25, 0.3) is 5.91 Å². The Morgan fingerprint density at radius 2 is 2.12 bits per heavy atom. The summed E-state index contributed by atoms with van der Waals surface area (Å²) in [6.07, 6.45) is 3.27. The van der Waals surface area contributed by atoms with Gasteiger partial charge in [-0.05, 0) is 12.1 Å². The van der Waals surface area contributed by atoms with Crippen LogP contribution in [0.1, 0.15) is 13.3 Å². The van der Waals surface area contributed by atoms with Crippen molar-refractivity contribution in [1.29, 1.82) is 0 Å². The number of anilines is 1. The molecule has 6 nitrogen and oxygen atoms in total. The maximum absolute atomic E-state index is 11.6. The molecule has 0 fully saturated rings. The molecule has 0 spiro atoms. The Morgan fingerprint density at radius 1 is 1.44 bits per heavy atom. The lowest BCUT2D eigenvalue weighted by molar-refractivity contribution is -0.117. The molecule has 1 aromatic rings. The van der Waals surface area contributed by atoms with Gasteiger partial charge >= 0.3 is 0 Å². The largest absolute Gasteiger partial charge is 0.313 e. The van der Waals surface area contributed by atoms with Crippen LogP contribution in [0.4, 0.5) is 5.69 Å². The molecule has 0 atom stereocenters. The van der Waals surface area contributed by atoms with Crippen molar-refractivity contribution in [2.24, 2.45) is 5.10 Å². The fourth-order valence-electron chi connectivity index (χ4n) is 1.39. The van der Waals surface area contributed by atoms with E-state index < -0.39 is 0 Å². The number of pyridine rings is 1. The number of amides is 2. The normalized spacial score (nSPS) is 14.9. The van der Waals surface area contributed by atoms with Crippen LogP contribution in [0.3, 0.4) is 0 Å². The maximum Gasteiger partial charge on any atom is 0.255 e. The fourth-order valence-corrected chi connectivity index (χ4v) is 1.39. The lowest BCUT2D eigenvalue weighted by Gasteiger charge is -2.09. The summed E-state index contributed by atoms with van der Waals surface area (Å²) in [4.78, 5) is 26.3. The third-order valence-electron chi connectivity index (χ3n) is 2.00. The predicted molar refractivity (Wildman–Crippen MR) is 57.6 cm³/mol. The molecule has 0 bridgehead atoms. The minimum atomic E-state index is -0.233. The number of hydrazone groups is 1. The lowest BCUT2D eigenvalue weighted by atomic mass is 10.3. The van der Waals surface area contributed by atoms with E-state index in [0.717, 1.165) is 0 Å². The van der Waals surface area contributed by atoms with Crippen molar-refractivity contribution in [3.63, 3.8) is 0 Å². The van der Waals surface area contributed by atoms with Crippen molar-refractivity contribution in [3.05, 3.63) is 24.5 Å². The van der Waals surface area contributed by atoms with Crippen molar-refractivity contribution < 1.29 is 9.59 Å². The molecule has 0 saturated heterocycles. The van der Waals surface area contributed by atoms with Crippen molar-refractivity contribution in [1.82, 2.24) is 10.3 Å². The van der Waals surface area contributed by atoms with Gasteiger partial charge in [0.05, 0.1) is 12.1 Å². The first kappa shape index (κ1) is 10.3. The van der Waals surface area contributed by atoms with Crippen molar-refractivity contribution in [3.8, 4) is 0 Å². The van der Waals surface area contributed by atoms with Crippen LogP contribution in [-0.2, 0) is 9.59 Å². The van der Waals surface area contributed by atoms with Crippen LogP contribution in [0.15, 0.2) is 29.6 Å². The molecule has 1 N–H and O–H groups in total.